The number of rotatable bonds is 20. The minimum Gasteiger partial charge on any atom is -0.507 e. The predicted octanol–water partition coefficient (Wildman–Crippen LogP) is 12.1. The van der Waals surface area contributed by atoms with E-state index in [0.717, 1.165) is 122 Å². The highest BCUT2D eigenvalue weighted by molar-refractivity contribution is 5.54. The van der Waals surface area contributed by atoms with Gasteiger partial charge in [0, 0.05) is 23.0 Å². The summed E-state index contributed by atoms with van der Waals surface area (Å²) in [5, 5.41) is 22.8. The first-order valence-electron chi connectivity index (χ1n) is 19.7. The van der Waals surface area contributed by atoms with Crippen LogP contribution in [0.25, 0.3) is 0 Å². The second-order valence-electron chi connectivity index (χ2n) is 15.3. The van der Waals surface area contributed by atoms with Gasteiger partial charge in [-0.25, -0.2) is 0 Å². The van der Waals surface area contributed by atoms with Crippen molar-refractivity contribution in [1.82, 2.24) is 0 Å². The summed E-state index contributed by atoms with van der Waals surface area (Å²) in [7, 11) is 0. The zero-order valence-electron chi connectivity index (χ0n) is 32.6. The van der Waals surface area contributed by atoms with Crippen molar-refractivity contribution >= 4 is 0 Å². The third-order valence-electron chi connectivity index (χ3n) is 10.9. The van der Waals surface area contributed by atoms with E-state index in [2.05, 4.69) is 79.0 Å². The van der Waals surface area contributed by atoms with Crippen molar-refractivity contribution in [3.63, 3.8) is 0 Å². The van der Waals surface area contributed by atoms with Gasteiger partial charge in [0.15, 0.2) is 0 Å². The number of hydrogen-bond donors (Lipinski definition) is 2. The van der Waals surface area contributed by atoms with Crippen LogP contribution in [0, 0.1) is 11.8 Å². The quantitative estimate of drug-likeness (QED) is 0.106. The Labute approximate surface area is 309 Å². The van der Waals surface area contributed by atoms with Crippen molar-refractivity contribution in [3.8, 4) is 23.0 Å². The van der Waals surface area contributed by atoms with E-state index in [1.54, 1.807) is 0 Å². The van der Waals surface area contributed by atoms with Gasteiger partial charge in [-0.15, -0.1) is 0 Å². The SMILES string of the molecule is C=C(C)[C@@H]1CCC(C)=C[C@H]1c1c(O)cc(CCCCC)cc1OCCOCCOc1cc(CCCCC)cc(O)c1[C@@H]1C=C(C)CC[C@H]1C(=C)C. The molecule has 0 unspecified atom stereocenters. The molecule has 0 saturated carbocycles. The zero-order valence-corrected chi connectivity index (χ0v) is 32.6. The van der Waals surface area contributed by atoms with Gasteiger partial charge in [0.2, 0.25) is 0 Å². The Morgan fingerprint density at radius 1 is 0.647 bits per heavy atom. The summed E-state index contributed by atoms with van der Waals surface area (Å²) in [4.78, 5) is 0. The Balaban J connectivity index is 1.45. The third-order valence-corrected chi connectivity index (χ3v) is 10.9. The molecule has 0 heterocycles. The zero-order chi connectivity index (χ0) is 36.9. The number of aryl methyl sites for hydroxylation is 2. The lowest BCUT2D eigenvalue weighted by molar-refractivity contribution is 0.0755. The van der Waals surface area contributed by atoms with E-state index in [1.807, 2.05) is 12.1 Å². The predicted molar refractivity (Wildman–Crippen MR) is 213 cm³/mol. The summed E-state index contributed by atoms with van der Waals surface area (Å²) < 4.78 is 18.9. The van der Waals surface area contributed by atoms with Crippen LogP contribution >= 0.6 is 0 Å². The fourth-order valence-electron chi connectivity index (χ4n) is 8.03. The van der Waals surface area contributed by atoms with Crippen LogP contribution < -0.4 is 9.47 Å². The molecule has 0 amide bonds. The number of ether oxygens (including phenoxy) is 3. The smallest absolute Gasteiger partial charge is 0.127 e. The number of unbranched alkanes of at least 4 members (excludes halogenated alkanes) is 4. The van der Waals surface area contributed by atoms with Crippen LogP contribution in [0.3, 0.4) is 0 Å². The van der Waals surface area contributed by atoms with E-state index in [-0.39, 0.29) is 23.7 Å². The second kappa shape index (κ2) is 20.0. The van der Waals surface area contributed by atoms with E-state index in [9.17, 15) is 10.2 Å². The van der Waals surface area contributed by atoms with Crippen molar-refractivity contribution in [2.24, 2.45) is 11.8 Å². The number of aromatic hydroxyl groups is 2. The first kappa shape index (κ1) is 40.3. The van der Waals surface area contributed by atoms with E-state index in [0.29, 0.717) is 37.9 Å². The van der Waals surface area contributed by atoms with Gasteiger partial charge in [-0.2, -0.15) is 0 Å². The van der Waals surface area contributed by atoms with Gasteiger partial charge in [0.05, 0.1) is 13.2 Å². The lowest BCUT2D eigenvalue weighted by Crippen LogP contribution is -2.19. The molecule has 0 bridgehead atoms. The van der Waals surface area contributed by atoms with Crippen LogP contribution in [0.15, 0.2) is 71.9 Å². The van der Waals surface area contributed by atoms with Crippen molar-refractivity contribution in [2.45, 2.75) is 130 Å². The van der Waals surface area contributed by atoms with E-state index in [1.165, 1.54) is 11.1 Å². The molecule has 5 heteroatoms. The molecular weight excluding hydrogens is 633 g/mol. The maximum Gasteiger partial charge on any atom is 0.127 e. The minimum atomic E-state index is 0.0286. The van der Waals surface area contributed by atoms with Crippen LogP contribution in [0.2, 0.25) is 0 Å². The number of allylic oxidation sites excluding steroid dienone is 6. The largest absolute Gasteiger partial charge is 0.507 e. The molecule has 51 heavy (non-hydrogen) atoms. The van der Waals surface area contributed by atoms with E-state index < -0.39 is 0 Å². The Kier molecular flexibility index (Phi) is 15.8. The number of benzene rings is 2. The van der Waals surface area contributed by atoms with Crippen LogP contribution in [-0.4, -0.2) is 36.6 Å². The highest BCUT2D eigenvalue weighted by Gasteiger charge is 2.32. The van der Waals surface area contributed by atoms with Crippen molar-refractivity contribution in [3.05, 3.63) is 94.1 Å². The fraction of sp³-hybridized carbons (Fsp3) is 0.565. The molecule has 0 radical (unpaired) electrons. The third kappa shape index (κ3) is 11.3. The monoisotopic (exact) mass is 698 g/mol. The molecule has 4 rings (SSSR count). The highest BCUT2D eigenvalue weighted by atomic mass is 16.5. The Bertz CT molecular complexity index is 1420. The maximum absolute atomic E-state index is 11.4. The maximum atomic E-state index is 11.4. The highest BCUT2D eigenvalue weighted by Crippen LogP contribution is 2.48. The molecule has 280 valence electrons. The molecule has 0 fully saturated rings. The molecule has 2 aromatic carbocycles. The Morgan fingerprint density at radius 2 is 1.06 bits per heavy atom. The molecule has 2 aliphatic carbocycles. The first-order chi connectivity index (χ1) is 24.5. The lowest BCUT2D eigenvalue weighted by atomic mass is 9.73. The summed E-state index contributed by atoms with van der Waals surface area (Å²) in [6.45, 7) is 23.1. The van der Waals surface area contributed by atoms with Crippen LogP contribution in [-0.2, 0) is 17.6 Å². The fourth-order valence-corrected chi connectivity index (χ4v) is 8.03. The van der Waals surface area contributed by atoms with Crippen LogP contribution in [0.5, 0.6) is 23.0 Å². The summed E-state index contributed by atoms with van der Waals surface area (Å²) in [6, 6.07) is 8.13. The molecular formula is C46H66O5. The normalized spacial score (nSPS) is 20.4. The summed E-state index contributed by atoms with van der Waals surface area (Å²) >= 11 is 0. The molecule has 0 saturated heterocycles. The second-order valence-corrected chi connectivity index (χ2v) is 15.3. The van der Waals surface area contributed by atoms with Gasteiger partial charge in [0.25, 0.3) is 0 Å². The summed E-state index contributed by atoms with van der Waals surface area (Å²) in [6.07, 6.45) is 17.3. The molecule has 2 N–H and O–H groups in total. The van der Waals surface area contributed by atoms with Crippen LogP contribution in [0.4, 0.5) is 0 Å². The number of phenolic OH excluding ortho intramolecular Hbond substituents is 2. The molecule has 2 aromatic rings. The molecule has 0 aromatic heterocycles. The average Bonchev–Trinajstić information content (AvgIpc) is 3.07. The summed E-state index contributed by atoms with van der Waals surface area (Å²) in [5.74, 6) is 2.68. The van der Waals surface area contributed by atoms with E-state index >= 15 is 0 Å². The average molecular weight is 699 g/mol. The van der Waals surface area contributed by atoms with Crippen LogP contribution in [0.1, 0.15) is 140 Å². The number of hydrogen-bond acceptors (Lipinski definition) is 5. The molecule has 5 nitrogen and oxygen atoms in total. The van der Waals surface area contributed by atoms with Gasteiger partial charge in [-0.05, 0) is 126 Å². The Hall–Kier alpha value is -3.44. The van der Waals surface area contributed by atoms with Gasteiger partial charge >= 0.3 is 0 Å². The number of phenols is 2. The van der Waals surface area contributed by atoms with Gasteiger partial charge < -0.3 is 24.4 Å². The molecule has 4 atom stereocenters. The summed E-state index contributed by atoms with van der Waals surface area (Å²) in [5.41, 5.74) is 8.87. The Morgan fingerprint density at radius 3 is 1.43 bits per heavy atom. The van der Waals surface area contributed by atoms with Gasteiger partial charge in [-0.1, -0.05) is 87.1 Å². The molecule has 0 aliphatic heterocycles. The lowest BCUT2D eigenvalue weighted by Gasteiger charge is -2.32. The van der Waals surface area contributed by atoms with Gasteiger partial charge in [-0.3, -0.25) is 0 Å². The van der Waals surface area contributed by atoms with E-state index in [4.69, 9.17) is 14.2 Å². The van der Waals surface area contributed by atoms with Crippen molar-refractivity contribution in [2.75, 3.05) is 26.4 Å². The van der Waals surface area contributed by atoms with Crippen molar-refractivity contribution in [1.29, 1.82) is 0 Å². The topological polar surface area (TPSA) is 68.2 Å². The molecule has 0 spiro atoms. The first-order valence-corrected chi connectivity index (χ1v) is 19.7. The van der Waals surface area contributed by atoms with Gasteiger partial charge in [0.1, 0.15) is 36.2 Å². The minimum absolute atomic E-state index is 0.0286. The van der Waals surface area contributed by atoms with Crippen molar-refractivity contribution < 1.29 is 24.4 Å². The standard InChI is InChI=1S/C46H66O5/c1-9-11-13-15-35-27-41(47)45(39-25-33(7)17-19-37(39)31(3)4)43(29-35)50-23-21-49-22-24-51-44-30-36(16-14-12-10-2)28-42(48)46(44)40-26-34(8)18-20-38(40)32(5)6/h25-30,37-40,47-48H,3,5,9-24H2,1-2,4,6-8H3/t37-,38-,39+,40+/m0/s1. The molecule has 2 aliphatic rings.